The molecule has 5 heteroatoms. The van der Waals surface area contributed by atoms with E-state index < -0.39 is 0 Å². The molecule has 1 heterocycles. The molecule has 4 nitrogen and oxygen atoms in total. The molecule has 0 aliphatic carbocycles. The summed E-state index contributed by atoms with van der Waals surface area (Å²) in [4.78, 5) is 24.1. The second kappa shape index (κ2) is 6.54. The summed E-state index contributed by atoms with van der Waals surface area (Å²) in [7, 11) is 0. The number of amides is 2. The van der Waals surface area contributed by atoms with Gasteiger partial charge < -0.3 is 10.6 Å². The summed E-state index contributed by atoms with van der Waals surface area (Å²) in [5.74, 6) is -0.0162. The van der Waals surface area contributed by atoms with Crippen LogP contribution in [0.4, 0.5) is 0 Å². The third kappa shape index (κ3) is 5.31. The third-order valence-electron chi connectivity index (χ3n) is 2.33. The molecule has 18 heavy (non-hydrogen) atoms. The van der Waals surface area contributed by atoms with Gasteiger partial charge in [0.15, 0.2) is 0 Å². The van der Waals surface area contributed by atoms with Gasteiger partial charge in [-0.05, 0) is 11.4 Å². The molecule has 0 radical (unpaired) electrons. The van der Waals surface area contributed by atoms with E-state index in [1.165, 1.54) is 0 Å². The molecule has 1 aromatic rings. The van der Waals surface area contributed by atoms with Gasteiger partial charge in [0.05, 0.1) is 6.42 Å². The zero-order valence-electron chi connectivity index (χ0n) is 11.1. The van der Waals surface area contributed by atoms with Crippen LogP contribution in [0.5, 0.6) is 0 Å². The molecule has 0 aliphatic rings. The number of rotatable bonds is 5. The number of thiophene rings is 1. The summed E-state index contributed by atoms with van der Waals surface area (Å²) in [6.07, 6.45) is 0.408. The van der Waals surface area contributed by atoms with Gasteiger partial charge in [0.2, 0.25) is 11.8 Å². The van der Waals surface area contributed by atoms with Crippen LogP contribution in [-0.2, 0) is 16.0 Å². The van der Waals surface area contributed by atoms with Crippen molar-refractivity contribution in [1.82, 2.24) is 10.6 Å². The smallest absolute Gasteiger partial charge is 0.225 e. The lowest BCUT2D eigenvalue weighted by molar-refractivity contribution is -0.128. The van der Waals surface area contributed by atoms with Crippen molar-refractivity contribution in [1.29, 1.82) is 0 Å². The third-order valence-corrected chi connectivity index (χ3v) is 3.21. The fraction of sp³-hybridized carbons (Fsp3) is 0.538. The zero-order chi connectivity index (χ0) is 13.6. The predicted octanol–water partition coefficient (Wildman–Crippen LogP) is 1.57. The SMILES string of the molecule is CC(C)(C)C(=O)NCCNC(=O)Cc1cccs1. The molecule has 0 aromatic carbocycles. The molecule has 2 amide bonds. The molecule has 0 bridgehead atoms. The van der Waals surface area contributed by atoms with Crippen molar-refractivity contribution in [3.05, 3.63) is 22.4 Å². The van der Waals surface area contributed by atoms with Crippen LogP contribution in [0.15, 0.2) is 17.5 Å². The Morgan fingerprint density at radius 3 is 2.44 bits per heavy atom. The first-order valence-corrected chi connectivity index (χ1v) is 6.85. The number of nitrogens with one attached hydrogen (secondary N) is 2. The van der Waals surface area contributed by atoms with E-state index in [-0.39, 0.29) is 17.2 Å². The van der Waals surface area contributed by atoms with Crippen molar-refractivity contribution in [3.63, 3.8) is 0 Å². The normalized spacial score (nSPS) is 11.1. The van der Waals surface area contributed by atoms with Gasteiger partial charge >= 0.3 is 0 Å². The Morgan fingerprint density at radius 1 is 1.22 bits per heavy atom. The Kier molecular flexibility index (Phi) is 5.34. The van der Waals surface area contributed by atoms with Gasteiger partial charge in [-0.2, -0.15) is 0 Å². The second-order valence-corrected chi connectivity index (χ2v) is 6.14. The van der Waals surface area contributed by atoms with E-state index >= 15 is 0 Å². The van der Waals surface area contributed by atoms with Gasteiger partial charge in [0, 0.05) is 23.4 Å². The Balaban J connectivity index is 2.15. The van der Waals surface area contributed by atoms with Crippen LogP contribution in [0.2, 0.25) is 0 Å². The van der Waals surface area contributed by atoms with Gasteiger partial charge in [-0.15, -0.1) is 11.3 Å². The highest BCUT2D eigenvalue weighted by Crippen LogP contribution is 2.11. The van der Waals surface area contributed by atoms with Crippen LogP contribution in [0.3, 0.4) is 0 Å². The average molecular weight is 268 g/mol. The van der Waals surface area contributed by atoms with Crippen LogP contribution in [0.1, 0.15) is 25.6 Å². The topological polar surface area (TPSA) is 58.2 Å². The molecule has 0 spiro atoms. The van der Waals surface area contributed by atoms with Gasteiger partial charge in [0.25, 0.3) is 0 Å². The highest BCUT2D eigenvalue weighted by molar-refractivity contribution is 7.10. The molecule has 0 unspecified atom stereocenters. The molecular formula is C13H20N2O2S. The Bertz CT molecular complexity index is 394. The highest BCUT2D eigenvalue weighted by atomic mass is 32.1. The highest BCUT2D eigenvalue weighted by Gasteiger charge is 2.20. The van der Waals surface area contributed by atoms with Gasteiger partial charge in [-0.3, -0.25) is 9.59 Å². The van der Waals surface area contributed by atoms with Gasteiger partial charge in [-0.1, -0.05) is 26.8 Å². The number of carbonyl (C=O) groups is 2. The maximum atomic E-state index is 11.5. The summed E-state index contributed by atoms with van der Waals surface area (Å²) >= 11 is 1.57. The summed E-state index contributed by atoms with van der Waals surface area (Å²) in [6.45, 7) is 6.51. The quantitative estimate of drug-likeness (QED) is 0.796. The summed E-state index contributed by atoms with van der Waals surface area (Å²) in [5, 5.41) is 7.52. The lowest BCUT2D eigenvalue weighted by atomic mass is 9.96. The van der Waals surface area contributed by atoms with E-state index in [1.54, 1.807) is 11.3 Å². The first-order chi connectivity index (χ1) is 8.39. The van der Waals surface area contributed by atoms with Crippen LogP contribution in [-0.4, -0.2) is 24.9 Å². The van der Waals surface area contributed by atoms with Crippen LogP contribution >= 0.6 is 11.3 Å². The predicted molar refractivity (Wildman–Crippen MR) is 73.5 cm³/mol. The first-order valence-electron chi connectivity index (χ1n) is 5.97. The standard InChI is InChI=1S/C13H20N2O2S/c1-13(2,3)12(17)15-7-6-14-11(16)9-10-5-4-8-18-10/h4-5,8H,6-7,9H2,1-3H3,(H,14,16)(H,15,17). The molecule has 1 aromatic heterocycles. The van der Waals surface area contributed by atoms with E-state index in [4.69, 9.17) is 0 Å². The lowest BCUT2D eigenvalue weighted by Crippen LogP contribution is -2.40. The first kappa shape index (κ1) is 14.7. The average Bonchev–Trinajstić information content (AvgIpc) is 2.75. The fourth-order valence-electron chi connectivity index (χ4n) is 1.28. The lowest BCUT2D eigenvalue weighted by Gasteiger charge is -2.17. The van der Waals surface area contributed by atoms with E-state index in [2.05, 4.69) is 10.6 Å². The molecule has 2 N–H and O–H groups in total. The molecule has 1 rings (SSSR count). The van der Waals surface area contributed by atoms with Gasteiger partial charge in [0.1, 0.15) is 0 Å². The minimum Gasteiger partial charge on any atom is -0.354 e. The van der Waals surface area contributed by atoms with Gasteiger partial charge in [-0.25, -0.2) is 0 Å². The Morgan fingerprint density at radius 2 is 1.89 bits per heavy atom. The summed E-state index contributed by atoms with van der Waals surface area (Å²) < 4.78 is 0. The summed E-state index contributed by atoms with van der Waals surface area (Å²) in [5.41, 5.74) is -0.388. The Hall–Kier alpha value is -1.36. The maximum Gasteiger partial charge on any atom is 0.225 e. The minimum atomic E-state index is -0.388. The maximum absolute atomic E-state index is 11.5. The van der Waals surface area contributed by atoms with Crippen molar-refractivity contribution >= 4 is 23.2 Å². The molecular weight excluding hydrogens is 248 g/mol. The van der Waals surface area contributed by atoms with E-state index in [9.17, 15) is 9.59 Å². The van der Waals surface area contributed by atoms with Crippen molar-refractivity contribution in [2.45, 2.75) is 27.2 Å². The minimum absolute atomic E-state index is 0.00462. The van der Waals surface area contributed by atoms with Crippen molar-refractivity contribution in [2.24, 2.45) is 5.41 Å². The molecule has 0 fully saturated rings. The van der Waals surface area contributed by atoms with Crippen LogP contribution in [0, 0.1) is 5.41 Å². The van der Waals surface area contributed by atoms with E-state index in [1.807, 2.05) is 38.3 Å². The fourth-order valence-corrected chi connectivity index (χ4v) is 1.98. The number of hydrogen-bond acceptors (Lipinski definition) is 3. The number of hydrogen-bond donors (Lipinski definition) is 2. The monoisotopic (exact) mass is 268 g/mol. The Labute approximate surface area is 112 Å². The van der Waals surface area contributed by atoms with Crippen molar-refractivity contribution in [2.75, 3.05) is 13.1 Å². The van der Waals surface area contributed by atoms with E-state index in [0.29, 0.717) is 19.5 Å². The summed E-state index contributed by atoms with van der Waals surface area (Å²) in [6, 6.07) is 3.86. The van der Waals surface area contributed by atoms with Crippen LogP contribution in [0.25, 0.3) is 0 Å². The molecule has 0 aliphatic heterocycles. The second-order valence-electron chi connectivity index (χ2n) is 5.11. The van der Waals surface area contributed by atoms with Crippen molar-refractivity contribution in [3.8, 4) is 0 Å². The number of carbonyl (C=O) groups excluding carboxylic acids is 2. The molecule has 100 valence electrons. The zero-order valence-corrected chi connectivity index (χ0v) is 11.9. The molecule has 0 saturated heterocycles. The van der Waals surface area contributed by atoms with Crippen LogP contribution < -0.4 is 10.6 Å². The van der Waals surface area contributed by atoms with Crippen molar-refractivity contribution < 1.29 is 9.59 Å². The molecule has 0 saturated carbocycles. The molecule has 0 atom stereocenters. The largest absolute Gasteiger partial charge is 0.354 e. The van der Waals surface area contributed by atoms with E-state index in [0.717, 1.165) is 4.88 Å².